The van der Waals surface area contributed by atoms with E-state index in [1.54, 1.807) is 0 Å². The molecule has 0 bridgehead atoms. The summed E-state index contributed by atoms with van der Waals surface area (Å²) < 4.78 is 5.58. The van der Waals surface area contributed by atoms with Crippen molar-refractivity contribution in [2.45, 2.75) is 39.6 Å². The summed E-state index contributed by atoms with van der Waals surface area (Å²) in [6.07, 6.45) is -0.340. The Labute approximate surface area is 134 Å². The molecule has 0 fully saturated rings. The number of esters is 1. The van der Waals surface area contributed by atoms with Crippen LogP contribution in [-0.4, -0.2) is 14.0 Å². The highest BCUT2D eigenvalue weighted by atomic mass is 28.3. The third-order valence-electron chi connectivity index (χ3n) is 3.71. The lowest BCUT2D eigenvalue weighted by molar-refractivity contribution is -0.144. The molecule has 0 amide bonds. The highest BCUT2D eigenvalue weighted by molar-refractivity contribution is 6.88. The molecule has 2 aromatic rings. The van der Waals surface area contributed by atoms with Crippen molar-refractivity contribution in [1.82, 2.24) is 0 Å². The fourth-order valence-corrected chi connectivity index (χ4v) is 3.65. The lowest BCUT2D eigenvalue weighted by Gasteiger charge is -2.21. The summed E-state index contributed by atoms with van der Waals surface area (Å²) in [5, 5.41) is 1.40. The van der Waals surface area contributed by atoms with Crippen LogP contribution in [0.1, 0.15) is 29.7 Å². The van der Waals surface area contributed by atoms with Crippen molar-refractivity contribution in [3.8, 4) is 0 Å². The van der Waals surface area contributed by atoms with Gasteiger partial charge in [0.05, 0.1) is 8.07 Å². The maximum Gasteiger partial charge on any atom is 0.303 e. The molecule has 0 unspecified atom stereocenters. The summed E-state index contributed by atoms with van der Waals surface area (Å²) >= 11 is 0. The monoisotopic (exact) mass is 312 g/mol. The number of hydrogen-bond donors (Lipinski definition) is 0. The average Bonchev–Trinajstić information content (AvgIpc) is 2.44. The van der Waals surface area contributed by atoms with E-state index >= 15 is 0 Å². The molecule has 22 heavy (non-hydrogen) atoms. The van der Waals surface area contributed by atoms with Crippen LogP contribution >= 0.6 is 0 Å². The third-order valence-corrected chi connectivity index (χ3v) is 5.77. The van der Waals surface area contributed by atoms with Gasteiger partial charge in [0.2, 0.25) is 0 Å². The molecule has 0 radical (unpaired) electrons. The fourth-order valence-electron chi connectivity index (χ4n) is 2.49. The normalized spacial score (nSPS) is 12.8. The number of carbonyl (C=O) groups excluding carboxylic acids is 1. The Morgan fingerprint density at radius 1 is 1.00 bits per heavy atom. The summed E-state index contributed by atoms with van der Waals surface area (Å²) in [4.78, 5) is 11.5. The Morgan fingerprint density at radius 3 is 2.14 bits per heavy atom. The van der Waals surface area contributed by atoms with Gasteiger partial charge in [-0.2, -0.15) is 0 Å². The van der Waals surface area contributed by atoms with E-state index in [1.165, 1.54) is 12.1 Å². The van der Waals surface area contributed by atoms with Gasteiger partial charge >= 0.3 is 5.97 Å². The molecule has 0 N–H and O–H groups in total. The summed E-state index contributed by atoms with van der Waals surface area (Å²) in [5.41, 5.74) is 3.19. The first-order valence-corrected chi connectivity index (χ1v) is 11.1. The van der Waals surface area contributed by atoms with Crippen LogP contribution < -0.4 is 5.19 Å². The van der Waals surface area contributed by atoms with Crippen LogP contribution in [0, 0.1) is 6.92 Å². The van der Waals surface area contributed by atoms with Gasteiger partial charge in [0.1, 0.15) is 0 Å². The maximum atomic E-state index is 11.5. The Bertz CT molecular complexity index is 654. The van der Waals surface area contributed by atoms with E-state index in [0.29, 0.717) is 0 Å². The van der Waals surface area contributed by atoms with Crippen LogP contribution in [-0.2, 0) is 9.53 Å². The van der Waals surface area contributed by atoms with Crippen molar-refractivity contribution >= 4 is 19.2 Å². The fraction of sp³-hybridized carbons (Fsp3) is 0.316. The molecule has 1 atom stereocenters. The summed E-state index contributed by atoms with van der Waals surface area (Å²) in [7, 11) is -1.32. The SMILES string of the molecule is CC(=O)O[C@@H](c1ccc([Si](C)(C)C)cc1)c1cccc(C)c1. The molecule has 2 nitrogen and oxygen atoms in total. The lowest BCUT2D eigenvalue weighted by atomic mass is 10.00. The van der Waals surface area contributed by atoms with Gasteiger partial charge in [-0.15, -0.1) is 0 Å². The molecule has 2 aromatic carbocycles. The zero-order valence-electron chi connectivity index (χ0n) is 14.0. The van der Waals surface area contributed by atoms with Crippen molar-refractivity contribution < 1.29 is 9.53 Å². The zero-order valence-corrected chi connectivity index (χ0v) is 15.0. The molecule has 0 spiro atoms. The quantitative estimate of drug-likeness (QED) is 0.625. The maximum absolute atomic E-state index is 11.5. The van der Waals surface area contributed by atoms with Crippen molar-refractivity contribution in [2.75, 3.05) is 0 Å². The van der Waals surface area contributed by atoms with Crippen LogP contribution in [0.4, 0.5) is 0 Å². The van der Waals surface area contributed by atoms with Crippen LogP contribution in [0.25, 0.3) is 0 Å². The van der Waals surface area contributed by atoms with E-state index in [1.807, 2.05) is 25.1 Å². The van der Waals surface area contributed by atoms with E-state index in [-0.39, 0.29) is 12.1 Å². The zero-order chi connectivity index (χ0) is 16.3. The molecule has 0 saturated carbocycles. The number of benzene rings is 2. The van der Waals surface area contributed by atoms with Gasteiger partial charge in [0, 0.05) is 6.92 Å². The Kier molecular flexibility index (Phi) is 4.86. The lowest BCUT2D eigenvalue weighted by Crippen LogP contribution is -2.37. The van der Waals surface area contributed by atoms with E-state index < -0.39 is 8.07 Å². The predicted molar refractivity (Wildman–Crippen MR) is 94.2 cm³/mol. The molecule has 0 aliphatic rings. The second kappa shape index (κ2) is 6.49. The van der Waals surface area contributed by atoms with Crippen molar-refractivity contribution in [3.63, 3.8) is 0 Å². The molecule has 0 heterocycles. The van der Waals surface area contributed by atoms with Crippen molar-refractivity contribution in [2.24, 2.45) is 0 Å². The molecule has 116 valence electrons. The van der Waals surface area contributed by atoms with Gasteiger partial charge in [-0.3, -0.25) is 4.79 Å². The minimum Gasteiger partial charge on any atom is -0.453 e. The number of rotatable bonds is 4. The van der Waals surface area contributed by atoms with E-state index in [2.05, 4.69) is 50.0 Å². The topological polar surface area (TPSA) is 26.3 Å². The van der Waals surface area contributed by atoms with E-state index in [0.717, 1.165) is 16.7 Å². The molecule has 0 aliphatic heterocycles. The van der Waals surface area contributed by atoms with Gasteiger partial charge in [-0.1, -0.05) is 78.9 Å². The standard InChI is InChI=1S/C19H24O2Si/c1-14-7-6-8-17(13-14)19(21-15(2)20)16-9-11-18(12-10-16)22(3,4)5/h6-13,19H,1-5H3/t19-/m0/s1. The van der Waals surface area contributed by atoms with Crippen LogP contribution in [0.2, 0.25) is 19.6 Å². The average molecular weight is 312 g/mol. The molecule has 0 aliphatic carbocycles. The Morgan fingerprint density at radius 2 is 1.64 bits per heavy atom. The van der Waals surface area contributed by atoms with Gasteiger partial charge in [0.25, 0.3) is 0 Å². The largest absolute Gasteiger partial charge is 0.453 e. The number of hydrogen-bond acceptors (Lipinski definition) is 2. The minimum absolute atomic E-state index is 0.263. The number of aryl methyl sites for hydroxylation is 1. The third kappa shape index (κ3) is 4.07. The van der Waals surface area contributed by atoms with E-state index in [4.69, 9.17) is 4.74 Å². The van der Waals surface area contributed by atoms with Gasteiger partial charge in [0.15, 0.2) is 6.10 Å². The van der Waals surface area contributed by atoms with Crippen LogP contribution in [0.15, 0.2) is 48.5 Å². The summed E-state index contributed by atoms with van der Waals surface area (Å²) in [6.45, 7) is 10.5. The second-order valence-corrected chi connectivity index (χ2v) is 11.9. The predicted octanol–water partition coefficient (Wildman–Crippen LogP) is 4.19. The number of carbonyl (C=O) groups is 1. The second-order valence-electron chi connectivity index (χ2n) is 6.78. The Balaban J connectivity index is 2.39. The first kappa shape index (κ1) is 16.5. The highest BCUT2D eigenvalue weighted by Gasteiger charge is 2.20. The molecule has 0 aromatic heterocycles. The van der Waals surface area contributed by atoms with Crippen molar-refractivity contribution in [1.29, 1.82) is 0 Å². The number of ether oxygens (including phenoxy) is 1. The smallest absolute Gasteiger partial charge is 0.303 e. The molecule has 0 saturated heterocycles. The highest BCUT2D eigenvalue weighted by Crippen LogP contribution is 2.26. The van der Waals surface area contributed by atoms with Gasteiger partial charge < -0.3 is 4.74 Å². The first-order chi connectivity index (χ1) is 10.3. The molecular weight excluding hydrogens is 288 g/mol. The minimum atomic E-state index is -1.32. The Hall–Kier alpha value is -1.87. The molecule has 2 rings (SSSR count). The first-order valence-electron chi connectivity index (χ1n) is 7.61. The van der Waals surface area contributed by atoms with Crippen LogP contribution in [0.3, 0.4) is 0 Å². The summed E-state index contributed by atoms with van der Waals surface area (Å²) in [5.74, 6) is -0.263. The van der Waals surface area contributed by atoms with Gasteiger partial charge in [-0.05, 0) is 18.1 Å². The molecular formula is C19H24O2Si. The van der Waals surface area contributed by atoms with Gasteiger partial charge in [-0.25, -0.2) is 0 Å². The van der Waals surface area contributed by atoms with Crippen molar-refractivity contribution in [3.05, 3.63) is 65.2 Å². The van der Waals surface area contributed by atoms with Crippen LogP contribution in [0.5, 0.6) is 0 Å². The summed E-state index contributed by atoms with van der Waals surface area (Å²) in [6, 6.07) is 16.6. The van der Waals surface area contributed by atoms with E-state index in [9.17, 15) is 4.79 Å². The molecule has 3 heteroatoms.